The topological polar surface area (TPSA) is 38.3 Å². The summed E-state index contributed by atoms with van der Waals surface area (Å²) >= 11 is 3.39. The van der Waals surface area contributed by atoms with Crippen LogP contribution in [0.2, 0.25) is 0 Å². The first kappa shape index (κ1) is 18.1. The molecule has 0 spiro atoms. The van der Waals surface area contributed by atoms with Crippen molar-refractivity contribution in [3.63, 3.8) is 0 Å². The molecule has 1 N–H and O–H groups in total. The molecule has 3 aromatic rings. The molecule has 3 rings (SSSR count). The van der Waals surface area contributed by atoms with Gasteiger partial charge in [-0.3, -0.25) is 4.79 Å². The minimum absolute atomic E-state index is 0.112. The van der Waals surface area contributed by atoms with Crippen LogP contribution in [-0.2, 0) is 0 Å². The lowest BCUT2D eigenvalue weighted by Gasteiger charge is -2.20. The van der Waals surface area contributed by atoms with E-state index in [2.05, 4.69) is 21.2 Å². The third kappa shape index (κ3) is 4.49. The van der Waals surface area contributed by atoms with Crippen molar-refractivity contribution in [2.75, 3.05) is 6.61 Å². The van der Waals surface area contributed by atoms with Crippen LogP contribution < -0.4 is 10.1 Å². The van der Waals surface area contributed by atoms with Crippen molar-refractivity contribution in [2.45, 2.75) is 6.04 Å². The number of carbonyl (C=O) groups excluding carboxylic acids is 1. The van der Waals surface area contributed by atoms with Gasteiger partial charge in [-0.05, 0) is 45.8 Å². The Hall–Kier alpha value is -2.66. The Morgan fingerprint density at radius 2 is 1.62 bits per heavy atom. The van der Waals surface area contributed by atoms with E-state index in [1.807, 2.05) is 42.5 Å². The maximum absolute atomic E-state index is 13.8. The van der Waals surface area contributed by atoms with Crippen LogP contribution in [-0.4, -0.2) is 12.5 Å². The molecule has 0 saturated heterocycles. The van der Waals surface area contributed by atoms with Crippen molar-refractivity contribution in [1.82, 2.24) is 5.32 Å². The summed E-state index contributed by atoms with van der Waals surface area (Å²) in [5, 5.41) is 2.96. The molecule has 5 heteroatoms. The zero-order valence-electron chi connectivity index (χ0n) is 13.9. The van der Waals surface area contributed by atoms with E-state index in [4.69, 9.17) is 4.74 Å². The highest BCUT2D eigenvalue weighted by molar-refractivity contribution is 9.10. The maximum Gasteiger partial charge on any atom is 0.253 e. The molecule has 0 saturated carbocycles. The standard InChI is InChI=1S/C21H17BrFNO2/c22-17-11-5-4-10-16(17)21(25)24-19(15-8-2-1-3-9-15)14-26-20-13-7-6-12-18(20)23/h1-13,19H,14H2,(H,24,25). The van der Waals surface area contributed by atoms with E-state index < -0.39 is 11.9 Å². The predicted molar refractivity (Wildman–Crippen MR) is 103 cm³/mol. The molecule has 3 nitrogen and oxygen atoms in total. The van der Waals surface area contributed by atoms with Crippen LogP contribution in [0.15, 0.2) is 83.3 Å². The van der Waals surface area contributed by atoms with E-state index in [0.29, 0.717) is 10.0 Å². The fourth-order valence-corrected chi connectivity index (χ4v) is 2.99. The van der Waals surface area contributed by atoms with E-state index in [1.165, 1.54) is 6.07 Å². The number of ether oxygens (including phenoxy) is 1. The van der Waals surface area contributed by atoms with Crippen molar-refractivity contribution in [3.05, 3.63) is 100 Å². The molecule has 3 aromatic carbocycles. The molecule has 1 amide bonds. The Balaban J connectivity index is 1.79. The van der Waals surface area contributed by atoms with Gasteiger partial charge in [0.2, 0.25) is 0 Å². The summed E-state index contributed by atoms with van der Waals surface area (Å²) in [6.45, 7) is 0.112. The van der Waals surface area contributed by atoms with Gasteiger partial charge in [-0.15, -0.1) is 0 Å². The van der Waals surface area contributed by atoms with Gasteiger partial charge in [0.05, 0.1) is 11.6 Å². The lowest BCUT2D eigenvalue weighted by molar-refractivity contribution is 0.0920. The molecular weight excluding hydrogens is 397 g/mol. The van der Waals surface area contributed by atoms with Gasteiger partial charge in [0.25, 0.3) is 5.91 Å². The van der Waals surface area contributed by atoms with Crippen LogP contribution in [0.5, 0.6) is 5.75 Å². The number of halogens is 2. The summed E-state index contributed by atoms with van der Waals surface area (Å²) in [5.74, 6) is -0.511. The van der Waals surface area contributed by atoms with Gasteiger partial charge in [-0.1, -0.05) is 54.6 Å². The molecule has 0 radical (unpaired) electrons. The largest absolute Gasteiger partial charge is 0.488 e. The van der Waals surface area contributed by atoms with Gasteiger partial charge in [0.1, 0.15) is 6.61 Å². The lowest BCUT2D eigenvalue weighted by atomic mass is 10.1. The monoisotopic (exact) mass is 413 g/mol. The normalized spacial score (nSPS) is 11.6. The van der Waals surface area contributed by atoms with Gasteiger partial charge < -0.3 is 10.1 Å². The first-order valence-corrected chi connectivity index (χ1v) is 8.92. The predicted octanol–water partition coefficient (Wildman–Crippen LogP) is 5.14. The second-order valence-electron chi connectivity index (χ2n) is 5.66. The summed E-state index contributed by atoms with van der Waals surface area (Å²) in [7, 11) is 0. The average Bonchev–Trinajstić information content (AvgIpc) is 2.67. The number of rotatable bonds is 6. The molecule has 0 aliphatic rings. The van der Waals surface area contributed by atoms with Gasteiger partial charge in [-0.25, -0.2) is 4.39 Å². The van der Waals surface area contributed by atoms with Crippen LogP contribution in [0.25, 0.3) is 0 Å². The van der Waals surface area contributed by atoms with Crippen molar-refractivity contribution >= 4 is 21.8 Å². The van der Waals surface area contributed by atoms with Gasteiger partial charge in [0.15, 0.2) is 11.6 Å². The smallest absolute Gasteiger partial charge is 0.253 e. The van der Waals surface area contributed by atoms with E-state index in [-0.39, 0.29) is 18.3 Å². The Labute approximate surface area is 159 Å². The zero-order chi connectivity index (χ0) is 18.4. The van der Waals surface area contributed by atoms with E-state index in [0.717, 1.165) is 5.56 Å². The number of nitrogens with one attached hydrogen (secondary N) is 1. The van der Waals surface area contributed by atoms with E-state index >= 15 is 0 Å². The van der Waals surface area contributed by atoms with E-state index in [1.54, 1.807) is 30.3 Å². The molecule has 0 heterocycles. The van der Waals surface area contributed by atoms with Crippen molar-refractivity contribution in [3.8, 4) is 5.75 Å². The van der Waals surface area contributed by atoms with Crippen LogP contribution in [0, 0.1) is 5.82 Å². The zero-order valence-corrected chi connectivity index (χ0v) is 15.4. The van der Waals surface area contributed by atoms with Crippen LogP contribution in [0.1, 0.15) is 22.0 Å². The Morgan fingerprint density at radius 3 is 2.35 bits per heavy atom. The summed E-state index contributed by atoms with van der Waals surface area (Å²) < 4.78 is 20.1. The van der Waals surface area contributed by atoms with Crippen molar-refractivity contribution in [1.29, 1.82) is 0 Å². The van der Waals surface area contributed by atoms with Crippen LogP contribution in [0.4, 0.5) is 4.39 Å². The first-order valence-electron chi connectivity index (χ1n) is 8.13. The molecular formula is C21H17BrFNO2. The van der Waals surface area contributed by atoms with E-state index in [9.17, 15) is 9.18 Å². The second kappa shape index (κ2) is 8.63. The fraction of sp³-hybridized carbons (Fsp3) is 0.0952. The summed E-state index contributed by atoms with van der Waals surface area (Å²) in [6, 6.07) is 22.4. The summed E-state index contributed by atoms with van der Waals surface area (Å²) in [4.78, 5) is 12.7. The number of hydrogen-bond donors (Lipinski definition) is 1. The fourth-order valence-electron chi connectivity index (χ4n) is 2.52. The average molecular weight is 414 g/mol. The second-order valence-corrected chi connectivity index (χ2v) is 6.51. The highest BCUT2D eigenvalue weighted by Gasteiger charge is 2.18. The molecule has 132 valence electrons. The lowest BCUT2D eigenvalue weighted by Crippen LogP contribution is -2.32. The number of carbonyl (C=O) groups is 1. The molecule has 1 atom stereocenters. The van der Waals surface area contributed by atoms with Crippen molar-refractivity contribution in [2.24, 2.45) is 0 Å². The number of para-hydroxylation sites is 1. The number of amides is 1. The maximum atomic E-state index is 13.8. The van der Waals surface area contributed by atoms with Crippen LogP contribution in [0.3, 0.4) is 0 Å². The third-order valence-electron chi connectivity index (χ3n) is 3.87. The Morgan fingerprint density at radius 1 is 0.962 bits per heavy atom. The Bertz CT molecular complexity index is 886. The van der Waals surface area contributed by atoms with Gasteiger partial charge in [-0.2, -0.15) is 0 Å². The molecule has 0 aliphatic heterocycles. The minimum Gasteiger partial charge on any atom is -0.488 e. The van der Waals surface area contributed by atoms with Crippen LogP contribution >= 0.6 is 15.9 Å². The summed E-state index contributed by atoms with van der Waals surface area (Å²) in [5.41, 5.74) is 1.41. The van der Waals surface area contributed by atoms with Crippen molar-refractivity contribution < 1.29 is 13.9 Å². The molecule has 0 bridgehead atoms. The molecule has 1 unspecified atom stereocenters. The number of hydrogen-bond acceptors (Lipinski definition) is 2. The quantitative estimate of drug-likeness (QED) is 0.607. The molecule has 0 fully saturated rings. The highest BCUT2D eigenvalue weighted by Crippen LogP contribution is 2.21. The third-order valence-corrected chi connectivity index (χ3v) is 4.56. The molecule has 0 aromatic heterocycles. The Kier molecular flexibility index (Phi) is 6.02. The van der Waals surface area contributed by atoms with Gasteiger partial charge in [0, 0.05) is 4.47 Å². The number of benzene rings is 3. The molecule has 0 aliphatic carbocycles. The SMILES string of the molecule is O=C(NC(COc1ccccc1F)c1ccccc1)c1ccccc1Br. The van der Waals surface area contributed by atoms with Gasteiger partial charge >= 0.3 is 0 Å². The highest BCUT2D eigenvalue weighted by atomic mass is 79.9. The molecule has 26 heavy (non-hydrogen) atoms. The first-order chi connectivity index (χ1) is 12.6. The summed E-state index contributed by atoms with van der Waals surface area (Å²) in [6.07, 6.45) is 0. The minimum atomic E-state index is -0.434.